The third kappa shape index (κ3) is 6.67. The third-order valence-corrected chi connectivity index (χ3v) is 3.77. The van der Waals surface area contributed by atoms with E-state index in [0.717, 1.165) is 24.3 Å². The summed E-state index contributed by atoms with van der Waals surface area (Å²) in [5.74, 6) is -1.45. The van der Waals surface area contributed by atoms with Gasteiger partial charge in [-0.3, -0.25) is 9.59 Å². The SMILES string of the molecule is CCOCCCN(CC(C)C(=O)OC)C(=O)c1ccc(C(F)(F)F)cc1. The van der Waals surface area contributed by atoms with Gasteiger partial charge in [-0.2, -0.15) is 13.2 Å². The first-order valence-corrected chi connectivity index (χ1v) is 8.32. The van der Waals surface area contributed by atoms with E-state index in [1.54, 1.807) is 6.92 Å². The molecule has 1 amide bonds. The molecule has 146 valence electrons. The van der Waals surface area contributed by atoms with E-state index in [9.17, 15) is 22.8 Å². The van der Waals surface area contributed by atoms with Gasteiger partial charge < -0.3 is 14.4 Å². The number of hydrogen-bond donors (Lipinski definition) is 0. The predicted molar refractivity (Wildman–Crippen MR) is 89.6 cm³/mol. The van der Waals surface area contributed by atoms with Crippen LogP contribution in [0, 0.1) is 5.92 Å². The molecule has 8 heteroatoms. The van der Waals surface area contributed by atoms with Crippen molar-refractivity contribution in [1.82, 2.24) is 4.90 Å². The fraction of sp³-hybridized carbons (Fsp3) is 0.556. The highest BCUT2D eigenvalue weighted by molar-refractivity contribution is 5.94. The second-order valence-corrected chi connectivity index (χ2v) is 5.80. The zero-order chi connectivity index (χ0) is 19.7. The van der Waals surface area contributed by atoms with Crippen molar-refractivity contribution in [3.05, 3.63) is 35.4 Å². The number of halogens is 3. The molecule has 1 aromatic rings. The van der Waals surface area contributed by atoms with Crippen LogP contribution in [0.25, 0.3) is 0 Å². The molecule has 0 radical (unpaired) electrons. The first-order valence-electron chi connectivity index (χ1n) is 8.32. The molecule has 26 heavy (non-hydrogen) atoms. The maximum absolute atomic E-state index is 12.7. The molecular weight excluding hydrogens is 351 g/mol. The van der Waals surface area contributed by atoms with Gasteiger partial charge in [0, 0.05) is 31.9 Å². The van der Waals surface area contributed by atoms with Crippen molar-refractivity contribution in [2.24, 2.45) is 5.92 Å². The van der Waals surface area contributed by atoms with Gasteiger partial charge in [-0.1, -0.05) is 6.92 Å². The fourth-order valence-electron chi connectivity index (χ4n) is 2.37. The first kappa shape index (κ1) is 22.0. The van der Waals surface area contributed by atoms with Crippen molar-refractivity contribution in [3.8, 4) is 0 Å². The number of amides is 1. The summed E-state index contributed by atoms with van der Waals surface area (Å²) in [6, 6.07) is 4.03. The van der Waals surface area contributed by atoms with E-state index in [1.165, 1.54) is 12.0 Å². The number of nitrogens with zero attached hydrogens (tertiary/aromatic N) is 1. The lowest BCUT2D eigenvalue weighted by Gasteiger charge is -2.25. The van der Waals surface area contributed by atoms with Crippen molar-refractivity contribution in [3.63, 3.8) is 0 Å². The molecule has 0 saturated carbocycles. The highest BCUT2D eigenvalue weighted by Crippen LogP contribution is 2.29. The summed E-state index contributed by atoms with van der Waals surface area (Å²) < 4.78 is 47.9. The number of hydrogen-bond acceptors (Lipinski definition) is 4. The van der Waals surface area contributed by atoms with Crippen LogP contribution in [0.1, 0.15) is 36.2 Å². The number of methoxy groups -OCH3 is 1. The van der Waals surface area contributed by atoms with Crippen molar-refractivity contribution in [1.29, 1.82) is 0 Å². The number of carbonyl (C=O) groups excluding carboxylic acids is 2. The Bertz CT molecular complexity index is 587. The Labute approximate surface area is 151 Å². The van der Waals surface area contributed by atoms with E-state index < -0.39 is 29.5 Å². The van der Waals surface area contributed by atoms with Gasteiger partial charge in [-0.05, 0) is 37.6 Å². The van der Waals surface area contributed by atoms with Gasteiger partial charge in [-0.15, -0.1) is 0 Å². The molecule has 1 rings (SSSR count). The second-order valence-electron chi connectivity index (χ2n) is 5.80. The van der Waals surface area contributed by atoms with E-state index in [1.807, 2.05) is 6.92 Å². The van der Waals surface area contributed by atoms with Gasteiger partial charge in [0.05, 0.1) is 18.6 Å². The molecule has 0 aliphatic heterocycles. The minimum atomic E-state index is -4.46. The third-order valence-electron chi connectivity index (χ3n) is 3.77. The molecule has 1 unspecified atom stereocenters. The van der Waals surface area contributed by atoms with E-state index in [0.29, 0.717) is 26.2 Å². The van der Waals surface area contributed by atoms with Crippen LogP contribution in [-0.4, -0.2) is 50.2 Å². The van der Waals surface area contributed by atoms with E-state index in [4.69, 9.17) is 4.74 Å². The molecule has 1 atom stereocenters. The van der Waals surface area contributed by atoms with Gasteiger partial charge in [-0.25, -0.2) is 0 Å². The lowest BCUT2D eigenvalue weighted by Crippen LogP contribution is -2.38. The summed E-state index contributed by atoms with van der Waals surface area (Å²) in [6.45, 7) is 4.90. The highest BCUT2D eigenvalue weighted by atomic mass is 19.4. The van der Waals surface area contributed by atoms with Crippen LogP contribution in [0.5, 0.6) is 0 Å². The van der Waals surface area contributed by atoms with Gasteiger partial charge in [0.15, 0.2) is 0 Å². The fourth-order valence-corrected chi connectivity index (χ4v) is 2.37. The van der Waals surface area contributed by atoms with Gasteiger partial charge in [0.25, 0.3) is 5.91 Å². The Hall–Kier alpha value is -2.09. The smallest absolute Gasteiger partial charge is 0.416 e. The van der Waals surface area contributed by atoms with Gasteiger partial charge in [0.1, 0.15) is 0 Å². The number of esters is 1. The molecule has 0 aliphatic rings. The Balaban J connectivity index is 2.89. The van der Waals surface area contributed by atoms with Crippen LogP contribution in [0.15, 0.2) is 24.3 Å². The first-order chi connectivity index (χ1) is 12.2. The number of ether oxygens (including phenoxy) is 2. The Morgan fingerprint density at radius 3 is 2.31 bits per heavy atom. The van der Waals surface area contributed by atoms with Crippen LogP contribution in [0.3, 0.4) is 0 Å². The molecule has 0 spiro atoms. The zero-order valence-corrected chi connectivity index (χ0v) is 15.1. The quantitative estimate of drug-likeness (QED) is 0.490. The van der Waals surface area contributed by atoms with Gasteiger partial charge >= 0.3 is 12.1 Å². The van der Waals surface area contributed by atoms with Crippen LogP contribution in [0.4, 0.5) is 13.2 Å². The van der Waals surface area contributed by atoms with Gasteiger partial charge in [0.2, 0.25) is 0 Å². The average Bonchev–Trinajstić information content (AvgIpc) is 2.62. The minimum absolute atomic E-state index is 0.110. The standard InChI is InChI=1S/C18H24F3NO4/c1-4-26-11-5-10-22(12-13(2)17(24)25-3)16(23)14-6-8-15(9-7-14)18(19,20)21/h6-9,13H,4-5,10-12H2,1-3H3. The molecule has 0 saturated heterocycles. The summed E-state index contributed by atoms with van der Waals surface area (Å²) in [5, 5.41) is 0. The predicted octanol–water partition coefficient (Wildman–Crippen LogP) is 3.38. The lowest BCUT2D eigenvalue weighted by atomic mass is 10.1. The molecular formula is C18H24F3NO4. The summed E-state index contributed by atoms with van der Waals surface area (Å²) in [7, 11) is 1.26. The molecule has 0 fully saturated rings. The summed E-state index contributed by atoms with van der Waals surface area (Å²) in [6.07, 6.45) is -3.91. The van der Waals surface area contributed by atoms with Crippen molar-refractivity contribution in [2.45, 2.75) is 26.4 Å². The normalized spacial score (nSPS) is 12.5. The largest absolute Gasteiger partial charge is 0.469 e. The maximum atomic E-state index is 12.7. The second kappa shape index (κ2) is 10.2. The van der Waals surface area contributed by atoms with E-state index >= 15 is 0 Å². The van der Waals surface area contributed by atoms with Crippen molar-refractivity contribution >= 4 is 11.9 Å². The Morgan fingerprint density at radius 1 is 1.19 bits per heavy atom. The number of carbonyl (C=O) groups is 2. The zero-order valence-electron chi connectivity index (χ0n) is 15.1. The monoisotopic (exact) mass is 375 g/mol. The van der Waals surface area contributed by atoms with Crippen molar-refractivity contribution < 1.29 is 32.2 Å². The maximum Gasteiger partial charge on any atom is 0.416 e. The summed E-state index contributed by atoms with van der Waals surface area (Å²) in [5.41, 5.74) is -0.689. The molecule has 1 aromatic carbocycles. The average molecular weight is 375 g/mol. The Morgan fingerprint density at radius 2 is 1.81 bits per heavy atom. The number of alkyl halides is 3. The summed E-state index contributed by atoms with van der Waals surface area (Å²) in [4.78, 5) is 25.7. The van der Waals surface area contributed by atoms with Crippen LogP contribution in [0.2, 0.25) is 0 Å². The molecule has 5 nitrogen and oxygen atoms in total. The highest BCUT2D eigenvalue weighted by Gasteiger charge is 2.30. The van der Waals surface area contributed by atoms with Crippen LogP contribution in [-0.2, 0) is 20.4 Å². The molecule has 0 heterocycles. The van der Waals surface area contributed by atoms with E-state index in [2.05, 4.69) is 4.74 Å². The topological polar surface area (TPSA) is 55.8 Å². The van der Waals surface area contributed by atoms with Crippen molar-refractivity contribution in [2.75, 3.05) is 33.4 Å². The summed E-state index contributed by atoms with van der Waals surface area (Å²) >= 11 is 0. The molecule has 0 aromatic heterocycles. The number of benzene rings is 1. The minimum Gasteiger partial charge on any atom is -0.469 e. The van der Waals surface area contributed by atoms with Crippen LogP contribution < -0.4 is 0 Å². The van der Waals surface area contributed by atoms with Crippen LogP contribution >= 0.6 is 0 Å². The lowest BCUT2D eigenvalue weighted by molar-refractivity contribution is -0.145. The Kier molecular flexibility index (Phi) is 8.57. The number of rotatable bonds is 9. The molecule has 0 aliphatic carbocycles. The molecule has 0 N–H and O–H groups in total. The van der Waals surface area contributed by atoms with E-state index in [-0.39, 0.29) is 12.1 Å². The molecule has 0 bridgehead atoms.